The third kappa shape index (κ3) is 3.33. The SMILES string of the molecule is COC(=O)c1ccccc1NC(=O)C1=CCCC[C@@H]1C(=O)O. The summed E-state index contributed by atoms with van der Waals surface area (Å²) in [5.74, 6) is -2.88. The van der Waals surface area contributed by atoms with Gasteiger partial charge in [-0.1, -0.05) is 18.2 Å². The number of carbonyl (C=O) groups excluding carboxylic acids is 2. The number of nitrogens with one attached hydrogen (secondary N) is 1. The van der Waals surface area contributed by atoms with Crippen molar-refractivity contribution in [2.45, 2.75) is 19.3 Å². The van der Waals surface area contributed by atoms with Gasteiger partial charge in [0.15, 0.2) is 0 Å². The monoisotopic (exact) mass is 303 g/mol. The molecule has 0 bridgehead atoms. The van der Waals surface area contributed by atoms with Gasteiger partial charge in [0.1, 0.15) is 0 Å². The molecule has 0 heterocycles. The lowest BCUT2D eigenvalue weighted by Crippen LogP contribution is -2.28. The number of aliphatic carboxylic acids is 1. The lowest BCUT2D eigenvalue weighted by atomic mass is 9.87. The molecule has 0 aliphatic heterocycles. The van der Waals surface area contributed by atoms with Crippen LogP contribution in [0.15, 0.2) is 35.9 Å². The number of esters is 1. The normalized spacial score (nSPS) is 17.3. The van der Waals surface area contributed by atoms with E-state index in [0.29, 0.717) is 18.5 Å². The summed E-state index contributed by atoms with van der Waals surface area (Å²) >= 11 is 0. The van der Waals surface area contributed by atoms with Gasteiger partial charge in [-0.05, 0) is 31.4 Å². The number of allylic oxidation sites excluding steroid dienone is 1. The molecule has 22 heavy (non-hydrogen) atoms. The van der Waals surface area contributed by atoms with Gasteiger partial charge in [-0.15, -0.1) is 0 Å². The minimum atomic E-state index is -1.01. The third-order valence-electron chi connectivity index (χ3n) is 3.58. The van der Waals surface area contributed by atoms with Crippen LogP contribution in [0.5, 0.6) is 0 Å². The molecule has 0 unspecified atom stereocenters. The van der Waals surface area contributed by atoms with Crippen molar-refractivity contribution < 1.29 is 24.2 Å². The van der Waals surface area contributed by atoms with Gasteiger partial charge in [0.05, 0.1) is 24.3 Å². The van der Waals surface area contributed by atoms with Crippen LogP contribution in [0, 0.1) is 5.92 Å². The molecular weight excluding hydrogens is 286 g/mol. The van der Waals surface area contributed by atoms with Crippen molar-refractivity contribution in [2.75, 3.05) is 12.4 Å². The smallest absolute Gasteiger partial charge is 0.339 e. The van der Waals surface area contributed by atoms with Crippen LogP contribution in [-0.2, 0) is 14.3 Å². The molecule has 6 heteroatoms. The first-order valence-corrected chi connectivity index (χ1v) is 6.96. The molecule has 1 atom stereocenters. The van der Waals surface area contributed by atoms with Crippen molar-refractivity contribution in [1.29, 1.82) is 0 Å². The Morgan fingerprint density at radius 3 is 2.68 bits per heavy atom. The van der Waals surface area contributed by atoms with Crippen LogP contribution in [0.3, 0.4) is 0 Å². The number of methoxy groups -OCH3 is 1. The van der Waals surface area contributed by atoms with Crippen molar-refractivity contribution in [1.82, 2.24) is 0 Å². The number of para-hydroxylation sites is 1. The maximum absolute atomic E-state index is 12.4. The molecule has 0 saturated carbocycles. The van der Waals surface area contributed by atoms with Crippen LogP contribution in [0.25, 0.3) is 0 Å². The zero-order valence-corrected chi connectivity index (χ0v) is 12.2. The molecule has 1 aliphatic rings. The molecule has 1 amide bonds. The molecule has 1 aromatic carbocycles. The van der Waals surface area contributed by atoms with E-state index in [1.165, 1.54) is 13.2 Å². The zero-order chi connectivity index (χ0) is 16.1. The summed E-state index contributed by atoms with van der Waals surface area (Å²) in [6, 6.07) is 6.43. The Morgan fingerprint density at radius 1 is 1.27 bits per heavy atom. The Morgan fingerprint density at radius 2 is 2.00 bits per heavy atom. The van der Waals surface area contributed by atoms with Crippen LogP contribution in [-0.4, -0.2) is 30.1 Å². The summed E-state index contributed by atoms with van der Waals surface area (Å²) in [4.78, 5) is 35.3. The first kappa shape index (κ1) is 15.8. The Balaban J connectivity index is 2.24. The molecule has 2 rings (SSSR count). The van der Waals surface area contributed by atoms with Crippen molar-refractivity contribution in [3.8, 4) is 0 Å². The van der Waals surface area contributed by atoms with E-state index in [-0.39, 0.29) is 11.1 Å². The predicted octanol–water partition coefficient (Wildman–Crippen LogP) is 2.22. The molecule has 6 nitrogen and oxygen atoms in total. The highest BCUT2D eigenvalue weighted by Gasteiger charge is 2.29. The highest BCUT2D eigenvalue weighted by Crippen LogP contribution is 2.27. The average molecular weight is 303 g/mol. The summed E-state index contributed by atoms with van der Waals surface area (Å²) in [5.41, 5.74) is 0.759. The van der Waals surface area contributed by atoms with Gasteiger partial charge in [0.2, 0.25) is 0 Å². The van der Waals surface area contributed by atoms with Gasteiger partial charge in [-0.25, -0.2) is 4.79 Å². The second kappa shape index (κ2) is 6.89. The summed E-state index contributed by atoms with van der Waals surface area (Å²) < 4.78 is 4.66. The minimum absolute atomic E-state index is 0.224. The topological polar surface area (TPSA) is 92.7 Å². The quantitative estimate of drug-likeness (QED) is 0.832. The highest BCUT2D eigenvalue weighted by molar-refractivity contribution is 6.09. The number of carboxylic acids is 1. The predicted molar refractivity (Wildman–Crippen MR) is 79.5 cm³/mol. The zero-order valence-electron chi connectivity index (χ0n) is 12.2. The fourth-order valence-corrected chi connectivity index (χ4v) is 2.46. The van der Waals surface area contributed by atoms with Crippen molar-refractivity contribution in [3.63, 3.8) is 0 Å². The van der Waals surface area contributed by atoms with Gasteiger partial charge < -0.3 is 15.2 Å². The number of hydrogen-bond acceptors (Lipinski definition) is 4. The van der Waals surface area contributed by atoms with Crippen LogP contribution in [0.2, 0.25) is 0 Å². The number of hydrogen-bond donors (Lipinski definition) is 2. The largest absolute Gasteiger partial charge is 0.481 e. The lowest BCUT2D eigenvalue weighted by molar-refractivity contribution is -0.141. The van der Waals surface area contributed by atoms with E-state index < -0.39 is 23.8 Å². The van der Waals surface area contributed by atoms with Crippen molar-refractivity contribution in [2.24, 2.45) is 5.92 Å². The highest BCUT2D eigenvalue weighted by atomic mass is 16.5. The molecule has 2 N–H and O–H groups in total. The maximum Gasteiger partial charge on any atom is 0.339 e. The number of rotatable bonds is 4. The number of anilines is 1. The van der Waals surface area contributed by atoms with Gasteiger partial charge in [0, 0.05) is 5.57 Å². The average Bonchev–Trinajstić information content (AvgIpc) is 2.54. The van der Waals surface area contributed by atoms with Gasteiger partial charge >= 0.3 is 11.9 Å². The molecular formula is C16H17NO5. The molecule has 116 valence electrons. The van der Waals surface area contributed by atoms with E-state index in [0.717, 1.165) is 6.42 Å². The van der Waals surface area contributed by atoms with Gasteiger partial charge in [0.25, 0.3) is 5.91 Å². The molecule has 0 saturated heterocycles. The Kier molecular flexibility index (Phi) is 4.93. The molecule has 0 fully saturated rings. The van der Waals surface area contributed by atoms with Gasteiger partial charge in [-0.2, -0.15) is 0 Å². The van der Waals surface area contributed by atoms with Crippen LogP contribution < -0.4 is 5.32 Å². The Labute approximate surface area is 127 Å². The number of amides is 1. The fraction of sp³-hybridized carbons (Fsp3) is 0.312. The summed E-state index contributed by atoms with van der Waals surface area (Å²) in [5, 5.41) is 11.8. The second-order valence-corrected chi connectivity index (χ2v) is 4.97. The first-order valence-electron chi connectivity index (χ1n) is 6.96. The van der Waals surface area contributed by atoms with E-state index in [4.69, 9.17) is 0 Å². The second-order valence-electron chi connectivity index (χ2n) is 4.97. The van der Waals surface area contributed by atoms with E-state index in [9.17, 15) is 19.5 Å². The van der Waals surface area contributed by atoms with E-state index in [1.807, 2.05) is 0 Å². The van der Waals surface area contributed by atoms with E-state index >= 15 is 0 Å². The Bertz CT molecular complexity index is 635. The van der Waals surface area contributed by atoms with Gasteiger partial charge in [-0.3, -0.25) is 9.59 Å². The summed E-state index contributed by atoms with van der Waals surface area (Å²) in [6.45, 7) is 0. The maximum atomic E-state index is 12.4. The lowest BCUT2D eigenvalue weighted by Gasteiger charge is -2.20. The van der Waals surface area contributed by atoms with E-state index in [2.05, 4.69) is 10.1 Å². The van der Waals surface area contributed by atoms with Crippen molar-refractivity contribution in [3.05, 3.63) is 41.5 Å². The van der Waals surface area contributed by atoms with E-state index in [1.54, 1.807) is 24.3 Å². The van der Waals surface area contributed by atoms with Crippen LogP contribution in [0.4, 0.5) is 5.69 Å². The first-order chi connectivity index (χ1) is 10.5. The van der Waals surface area contributed by atoms with Crippen molar-refractivity contribution >= 4 is 23.5 Å². The number of ether oxygens (including phenoxy) is 1. The Hall–Kier alpha value is -2.63. The third-order valence-corrected chi connectivity index (χ3v) is 3.58. The minimum Gasteiger partial charge on any atom is -0.481 e. The van der Waals surface area contributed by atoms with Crippen LogP contribution in [0.1, 0.15) is 29.6 Å². The fourth-order valence-electron chi connectivity index (χ4n) is 2.46. The molecule has 0 aromatic heterocycles. The molecule has 1 aliphatic carbocycles. The molecule has 0 radical (unpaired) electrons. The summed E-state index contributed by atoms with van der Waals surface area (Å²) in [7, 11) is 1.26. The number of carbonyl (C=O) groups is 3. The summed E-state index contributed by atoms with van der Waals surface area (Å²) in [6.07, 6.45) is 3.50. The molecule has 1 aromatic rings. The number of benzene rings is 1. The van der Waals surface area contributed by atoms with Crippen LogP contribution >= 0.6 is 0 Å². The molecule has 0 spiro atoms. The standard InChI is InChI=1S/C16H17NO5/c1-22-16(21)12-8-4-5-9-13(12)17-14(18)10-6-2-3-7-11(10)15(19)20/h4-6,8-9,11H,2-3,7H2,1H3,(H,17,18)(H,19,20)/t11-/m0/s1. The number of carboxylic acid groups (broad SMARTS) is 1.